The van der Waals surface area contributed by atoms with Crippen molar-refractivity contribution in [2.45, 2.75) is 138 Å². The number of halogens is 1. The first-order chi connectivity index (χ1) is 28.6. The first-order valence-corrected chi connectivity index (χ1v) is 22.2. The minimum Gasteiger partial charge on any atom is -0.492 e. The van der Waals surface area contributed by atoms with Gasteiger partial charge in [0, 0.05) is 32.7 Å². The molecule has 0 radical (unpaired) electrons. The van der Waals surface area contributed by atoms with Crippen molar-refractivity contribution in [2.75, 3.05) is 39.3 Å². The SMILES string of the molecule is CC(C)(C)OC(=O)[C@@H](Cc1cccc(CN(CCOc2cccc(C[C@H](C(=O)OC(C)(C)C)[C@H]3CCN(C(=O)OC(C)(C)C)C3)c2)C(=O)Cl)c1)[C@H]1CCN(C(=O)OC(C)(C)C)C1. The summed E-state index contributed by atoms with van der Waals surface area (Å²) in [4.78, 5) is 70.5. The maximum atomic E-state index is 13.6. The van der Waals surface area contributed by atoms with E-state index in [1.807, 2.05) is 132 Å². The smallest absolute Gasteiger partial charge is 0.410 e. The van der Waals surface area contributed by atoms with Gasteiger partial charge in [0.2, 0.25) is 0 Å². The van der Waals surface area contributed by atoms with Crippen molar-refractivity contribution in [1.82, 2.24) is 14.7 Å². The van der Waals surface area contributed by atoms with Gasteiger partial charge in [0.15, 0.2) is 0 Å². The summed E-state index contributed by atoms with van der Waals surface area (Å²) in [6.45, 7) is 24.3. The van der Waals surface area contributed by atoms with Gasteiger partial charge in [-0.2, -0.15) is 0 Å². The number of likely N-dealkylation sites (tertiary alicyclic amines) is 2. The van der Waals surface area contributed by atoms with Gasteiger partial charge in [0.25, 0.3) is 0 Å². The lowest BCUT2D eigenvalue weighted by molar-refractivity contribution is -0.163. The summed E-state index contributed by atoms with van der Waals surface area (Å²) in [5.74, 6) is -1.31. The lowest BCUT2D eigenvalue weighted by Gasteiger charge is -2.28. The number of rotatable bonds is 14. The molecule has 0 saturated carbocycles. The van der Waals surface area contributed by atoms with Gasteiger partial charge in [0.1, 0.15) is 34.8 Å². The molecule has 14 heteroatoms. The molecule has 344 valence electrons. The number of hydrogen-bond donors (Lipinski definition) is 0. The Morgan fingerprint density at radius 2 is 1.05 bits per heavy atom. The molecule has 2 fully saturated rings. The van der Waals surface area contributed by atoms with E-state index < -0.39 is 51.8 Å². The Hall–Kier alpha value is -4.52. The van der Waals surface area contributed by atoms with E-state index in [2.05, 4.69) is 0 Å². The second-order valence-electron chi connectivity index (χ2n) is 20.6. The van der Waals surface area contributed by atoms with E-state index in [4.69, 9.17) is 35.3 Å². The summed E-state index contributed by atoms with van der Waals surface area (Å²) in [6, 6.07) is 15.2. The highest BCUT2D eigenvalue weighted by Gasteiger charge is 2.41. The van der Waals surface area contributed by atoms with Crippen molar-refractivity contribution < 1.29 is 47.7 Å². The van der Waals surface area contributed by atoms with Crippen LogP contribution in [0.1, 0.15) is 113 Å². The van der Waals surface area contributed by atoms with Crippen LogP contribution in [-0.4, -0.2) is 106 Å². The fourth-order valence-corrected chi connectivity index (χ4v) is 7.85. The van der Waals surface area contributed by atoms with E-state index in [9.17, 15) is 24.0 Å². The van der Waals surface area contributed by atoms with Crippen LogP contribution in [-0.2, 0) is 47.9 Å². The first-order valence-electron chi connectivity index (χ1n) is 21.8. The van der Waals surface area contributed by atoms with Gasteiger partial charge in [-0.1, -0.05) is 36.4 Å². The Morgan fingerprint density at radius 3 is 1.48 bits per heavy atom. The molecule has 2 aromatic rings. The van der Waals surface area contributed by atoms with Crippen LogP contribution in [0.2, 0.25) is 0 Å². The Balaban J connectivity index is 1.41. The van der Waals surface area contributed by atoms with E-state index in [-0.39, 0.29) is 43.5 Å². The average Bonchev–Trinajstić information content (AvgIpc) is 3.81. The molecular formula is C48H70ClN3O10. The Bertz CT molecular complexity index is 1880. The van der Waals surface area contributed by atoms with Crippen LogP contribution in [0.25, 0.3) is 0 Å². The zero-order chi connectivity index (χ0) is 46.2. The molecule has 0 unspecified atom stereocenters. The zero-order valence-electron chi connectivity index (χ0n) is 39.0. The monoisotopic (exact) mass is 883 g/mol. The molecule has 2 aliphatic heterocycles. The molecule has 2 heterocycles. The lowest BCUT2D eigenvalue weighted by Crippen LogP contribution is -2.38. The largest absolute Gasteiger partial charge is 0.492 e. The summed E-state index contributed by atoms with van der Waals surface area (Å²) in [6.07, 6.45) is 1.27. The highest BCUT2D eigenvalue weighted by Crippen LogP contribution is 2.33. The van der Waals surface area contributed by atoms with Gasteiger partial charge in [-0.15, -0.1) is 0 Å². The second-order valence-corrected chi connectivity index (χ2v) is 21.0. The van der Waals surface area contributed by atoms with Gasteiger partial charge < -0.3 is 38.4 Å². The van der Waals surface area contributed by atoms with Crippen LogP contribution in [0, 0.1) is 23.7 Å². The number of esters is 2. The normalized spacial score (nSPS) is 18.1. The van der Waals surface area contributed by atoms with E-state index in [0.717, 1.165) is 16.7 Å². The molecule has 4 atom stereocenters. The fourth-order valence-electron chi connectivity index (χ4n) is 7.70. The average molecular weight is 885 g/mol. The van der Waals surface area contributed by atoms with Crippen LogP contribution in [0.3, 0.4) is 0 Å². The number of ether oxygens (including phenoxy) is 5. The van der Waals surface area contributed by atoms with Crippen molar-refractivity contribution in [1.29, 1.82) is 0 Å². The third-order valence-electron chi connectivity index (χ3n) is 10.4. The molecule has 13 nitrogen and oxygen atoms in total. The fraction of sp³-hybridized carbons (Fsp3) is 0.646. The molecular weight excluding hydrogens is 814 g/mol. The summed E-state index contributed by atoms with van der Waals surface area (Å²) < 4.78 is 29.1. The van der Waals surface area contributed by atoms with Crippen molar-refractivity contribution in [3.63, 3.8) is 0 Å². The Morgan fingerprint density at radius 1 is 0.629 bits per heavy atom. The van der Waals surface area contributed by atoms with Crippen LogP contribution in [0.5, 0.6) is 5.75 Å². The van der Waals surface area contributed by atoms with Gasteiger partial charge in [-0.05, 0) is 161 Å². The minimum atomic E-state index is -0.684. The predicted molar refractivity (Wildman–Crippen MR) is 238 cm³/mol. The molecule has 2 saturated heterocycles. The quantitative estimate of drug-likeness (QED) is 0.0780. The molecule has 3 amide bonds. The second kappa shape index (κ2) is 20.8. The third kappa shape index (κ3) is 16.6. The van der Waals surface area contributed by atoms with Crippen LogP contribution in [0.4, 0.5) is 14.4 Å². The molecule has 0 bridgehead atoms. The predicted octanol–water partition coefficient (Wildman–Crippen LogP) is 9.44. The molecule has 0 aromatic heterocycles. The number of carbonyl (C=O) groups excluding carboxylic acids is 5. The van der Waals surface area contributed by atoms with Crippen LogP contribution in [0.15, 0.2) is 48.5 Å². The van der Waals surface area contributed by atoms with Crippen molar-refractivity contribution in [3.8, 4) is 5.75 Å². The van der Waals surface area contributed by atoms with E-state index in [1.54, 1.807) is 9.80 Å². The first kappa shape index (κ1) is 50.1. The highest BCUT2D eigenvalue weighted by molar-refractivity contribution is 6.62. The number of carbonyl (C=O) groups is 5. The van der Waals surface area contributed by atoms with Gasteiger partial charge in [-0.3, -0.25) is 14.4 Å². The summed E-state index contributed by atoms with van der Waals surface area (Å²) in [5.41, 5.74) is -0.0257. The van der Waals surface area contributed by atoms with Crippen LogP contribution >= 0.6 is 11.6 Å². The number of amides is 3. The number of benzene rings is 2. The molecule has 4 rings (SSSR count). The Kier molecular flexibility index (Phi) is 16.8. The van der Waals surface area contributed by atoms with Gasteiger partial charge >= 0.3 is 29.5 Å². The minimum absolute atomic E-state index is 0.121. The molecule has 0 aliphatic carbocycles. The molecule has 0 spiro atoms. The maximum Gasteiger partial charge on any atom is 0.410 e. The zero-order valence-corrected chi connectivity index (χ0v) is 39.8. The maximum absolute atomic E-state index is 13.6. The van der Waals surface area contributed by atoms with Gasteiger partial charge in [0.05, 0.1) is 18.4 Å². The highest BCUT2D eigenvalue weighted by atomic mass is 35.5. The summed E-state index contributed by atoms with van der Waals surface area (Å²) in [7, 11) is 0. The van der Waals surface area contributed by atoms with Crippen molar-refractivity contribution >= 4 is 41.1 Å². The van der Waals surface area contributed by atoms with E-state index >= 15 is 0 Å². The van der Waals surface area contributed by atoms with Crippen molar-refractivity contribution in [3.05, 3.63) is 65.2 Å². The molecule has 2 aromatic carbocycles. The van der Waals surface area contributed by atoms with Gasteiger partial charge in [-0.25, -0.2) is 9.59 Å². The lowest BCUT2D eigenvalue weighted by atomic mass is 9.85. The topological polar surface area (TPSA) is 141 Å². The summed E-state index contributed by atoms with van der Waals surface area (Å²) >= 11 is 6.10. The van der Waals surface area contributed by atoms with Crippen LogP contribution < -0.4 is 4.74 Å². The number of hydrogen-bond acceptors (Lipinski definition) is 10. The molecule has 2 aliphatic rings. The van der Waals surface area contributed by atoms with E-state index in [0.29, 0.717) is 57.6 Å². The third-order valence-corrected chi connectivity index (χ3v) is 10.6. The molecule has 62 heavy (non-hydrogen) atoms. The van der Waals surface area contributed by atoms with Crippen molar-refractivity contribution in [2.24, 2.45) is 23.7 Å². The summed E-state index contributed by atoms with van der Waals surface area (Å²) in [5, 5.41) is -0.634. The Labute approximate surface area is 374 Å². The standard InChI is InChI=1S/C48H70ClN3O10/c1-45(2,3)59-40(53)38(35-19-21-51(30-35)43(56)61-47(7,8)9)27-32-15-13-17-34(25-32)29-50(42(49)55)23-24-58-37-18-14-16-33(26-37)28-39(41(54)60-46(4,5)6)36-20-22-52(31-36)44(57)62-48(10,11)12/h13-18,25-26,35-36,38-39H,19-24,27-31H2,1-12H3/t35-,36-,38-,39-/m0/s1. The molecule has 0 N–H and O–H groups in total. The number of nitrogens with zero attached hydrogens (tertiary/aromatic N) is 3. The van der Waals surface area contributed by atoms with E-state index in [1.165, 1.54) is 4.90 Å².